The number of benzene rings is 2. The van der Waals surface area contributed by atoms with E-state index in [1.807, 2.05) is 41.8 Å². The zero-order chi connectivity index (χ0) is 16.4. The Morgan fingerprint density at radius 1 is 1.04 bits per heavy atom. The predicted molar refractivity (Wildman–Crippen MR) is 99.1 cm³/mol. The quantitative estimate of drug-likeness (QED) is 0.480. The van der Waals surface area contributed by atoms with Crippen LogP contribution in [-0.2, 0) is 6.61 Å². The SMILES string of the molecule is Brc1ccc2ncnc(OCc3csc(-c4ccccc4)n3)c2c1. The summed E-state index contributed by atoms with van der Waals surface area (Å²) in [5.41, 5.74) is 2.86. The Labute approximate surface area is 151 Å². The highest BCUT2D eigenvalue weighted by atomic mass is 79.9. The molecule has 4 aromatic rings. The molecule has 2 aromatic carbocycles. The second-order valence-corrected chi connectivity index (χ2v) is 6.91. The molecule has 0 spiro atoms. The first-order chi connectivity index (χ1) is 11.8. The fourth-order valence-corrected chi connectivity index (χ4v) is 3.52. The van der Waals surface area contributed by atoms with E-state index in [0.29, 0.717) is 12.5 Å². The molecule has 118 valence electrons. The minimum absolute atomic E-state index is 0.377. The van der Waals surface area contributed by atoms with Crippen molar-refractivity contribution in [3.05, 3.63) is 70.4 Å². The second-order valence-electron chi connectivity index (χ2n) is 5.14. The monoisotopic (exact) mass is 397 g/mol. The van der Waals surface area contributed by atoms with Crippen LogP contribution in [0, 0.1) is 0 Å². The van der Waals surface area contributed by atoms with Crippen LogP contribution < -0.4 is 4.74 Å². The first-order valence-electron chi connectivity index (χ1n) is 7.32. The molecule has 0 saturated carbocycles. The Hall–Kier alpha value is -2.31. The molecule has 0 radical (unpaired) electrons. The number of thiazole rings is 1. The lowest BCUT2D eigenvalue weighted by Crippen LogP contribution is -1.99. The number of nitrogens with zero attached hydrogens (tertiary/aromatic N) is 3. The van der Waals surface area contributed by atoms with E-state index >= 15 is 0 Å². The summed E-state index contributed by atoms with van der Waals surface area (Å²) in [6.07, 6.45) is 1.52. The second kappa shape index (κ2) is 6.67. The highest BCUT2D eigenvalue weighted by Crippen LogP contribution is 2.27. The Balaban J connectivity index is 1.56. The van der Waals surface area contributed by atoms with Crippen LogP contribution in [0.1, 0.15) is 5.69 Å². The van der Waals surface area contributed by atoms with E-state index in [2.05, 4.69) is 43.0 Å². The molecule has 0 aliphatic heterocycles. The van der Waals surface area contributed by atoms with E-state index in [1.165, 1.54) is 6.33 Å². The first-order valence-corrected chi connectivity index (χ1v) is 9.00. The van der Waals surface area contributed by atoms with Gasteiger partial charge in [0.05, 0.1) is 16.6 Å². The fraction of sp³-hybridized carbons (Fsp3) is 0.0556. The molecule has 6 heteroatoms. The summed E-state index contributed by atoms with van der Waals surface area (Å²) in [5, 5.41) is 3.89. The molecule has 24 heavy (non-hydrogen) atoms. The van der Waals surface area contributed by atoms with Gasteiger partial charge in [-0.15, -0.1) is 11.3 Å². The zero-order valence-electron chi connectivity index (χ0n) is 12.5. The van der Waals surface area contributed by atoms with Crippen LogP contribution in [0.15, 0.2) is 64.7 Å². The van der Waals surface area contributed by atoms with Crippen molar-refractivity contribution in [2.75, 3.05) is 0 Å². The van der Waals surface area contributed by atoms with Crippen molar-refractivity contribution in [1.29, 1.82) is 0 Å². The van der Waals surface area contributed by atoms with Crippen LogP contribution in [0.2, 0.25) is 0 Å². The van der Waals surface area contributed by atoms with E-state index in [1.54, 1.807) is 11.3 Å². The molecule has 2 heterocycles. The molecule has 0 fully saturated rings. The van der Waals surface area contributed by atoms with Gasteiger partial charge in [-0.25, -0.2) is 15.0 Å². The number of aromatic nitrogens is 3. The Morgan fingerprint density at radius 2 is 1.92 bits per heavy atom. The highest BCUT2D eigenvalue weighted by Gasteiger charge is 2.08. The number of fused-ring (bicyclic) bond motifs is 1. The van der Waals surface area contributed by atoms with Crippen LogP contribution in [-0.4, -0.2) is 15.0 Å². The van der Waals surface area contributed by atoms with Crippen molar-refractivity contribution in [3.8, 4) is 16.5 Å². The molecule has 0 aliphatic carbocycles. The molecule has 0 bridgehead atoms. The van der Waals surface area contributed by atoms with Crippen LogP contribution in [0.25, 0.3) is 21.5 Å². The number of ether oxygens (including phenoxy) is 1. The first kappa shape index (κ1) is 15.2. The third-order valence-electron chi connectivity index (χ3n) is 3.49. The van der Waals surface area contributed by atoms with Crippen molar-refractivity contribution >= 4 is 38.2 Å². The third kappa shape index (κ3) is 3.16. The predicted octanol–water partition coefficient (Wildman–Crippen LogP) is 5.09. The van der Waals surface area contributed by atoms with Crippen LogP contribution >= 0.6 is 27.3 Å². The van der Waals surface area contributed by atoms with Crippen LogP contribution in [0.3, 0.4) is 0 Å². The van der Waals surface area contributed by atoms with Crippen molar-refractivity contribution in [2.24, 2.45) is 0 Å². The van der Waals surface area contributed by atoms with Crippen LogP contribution in [0.5, 0.6) is 5.88 Å². The smallest absolute Gasteiger partial charge is 0.224 e. The maximum absolute atomic E-state index is 5.88. The Kier molecular flexibility index (Phi) is 4.23. The van der Waals surface area contributed by atoms with Gasteiger partial charge in [-0.2, -0.15) is 0 Å². The standard InChI is InChI=1S/C18H12BrN3OS/c19-13-6-7-16-15(8-13)17(21-11-20-16)23-9-14-10-24-18(22-14)12-4-2-1-3-5-12/h1-8,10-11H,9H2. The van der Waals surface area contributed by atoms with E-state index in [-0.39, 0.29) is 0 Å². The van der Waals surface area contributed by atoms with Crippen LogP contribution in [0.4, 0.5) is 0 Å². The normalized spacial score (nSPS) is 10.9. The van der Waals surface area contributed by atoms with Crippen molar-refractivity contribution < 1.29 is 4.74 Å². The summed E-state index contributed by atoms with van der Waals surface area (Å²) in [4.78, 5) is 13.1. The molecule has 0 amide bonds. The van der Waals surface area contributed by atoms with E-state index < -0.39 is 0 Å². The molecule has 4 rings (SSSR count). The summed E-state index contributed by atoms with van der Waals surface area (Å²) in [6, 6.07) is 16.0. The van der Waals surface area contributed by atoms with Gasteiger partial charge in [-0.3, -0.25) is 0 Å². The molecule has 0 N–H and O–H groups in total. The van der Waals surface area contributed by atoms with E-state index in [4.69, 9.17) is 4.74 Å². The summed E-state index contributed by atoms with van der Waals surface area (Å²) in [7, 11) is 0. The molecule has 0 aliphatic rings. The largest absolute Gasteiger partial charge is 0.471 e. The third-order valence-corrected chi connectivity index (χ3v) is 4.92. The minimum Gasteiger partial charge on any atom is -0.471 e. The topological polar surface area (TPSA) is 47.9 Å². The van der Waals surface area contributed by atoms with Gasteiger partial charge in [0.25, 0.3) is 0 Å². The number of halogens is 1. The van der Waals surface area contributed by atoms with Gasteiger partial charge in [-0.05, 0) is 18.2 Å². The molecular formula is C18H12BrN3OS. The van der Waals surface area contributed by atoms with Gasteiger partial charge in [-0.1, -0.05) is 46.3 Å². The lowest BCUT2D eigenvalue weighted by molar-refractivity contribution is 0.294. The molecule has 0 atom stereocenters. The number of hydrogen-bond donors (Lipinski definition) is 0. The molecule has 0 saturated heterocycles. The molecule has 0 unspecified atom stereocenters. The van der Waals surface area contributed by atoms with E-state index in [0.717, 1.165) is 31.6 Å². The van der Waals surface area contributed by atoms with E-state index in [9.17, 15) is 0 Å². The summed E-state index contributed by atoms with van der Waals surface area (Å²) in [6.45, 7) is 0.377. The summed E-state index contributed by atoms with van der Waals surface area (Å²) >= 11 is 5.08. The van der Waals surface area contributed by atoms with Gasteiger partial charge < -0.3 is 4.74 Å². The maximum atomic E-state index is 5.88. The van der Waals surface area contributed by atoms with Gasteiger partial charge in [0, 0.05) is 15.4 Å². The highest BCUT2D eigenvalue weighted by molar-refractivity contribution is 9.10. The van der Waals surface area contributed by atoms with Gasteiger partial charge >= 0.3 is 0 Å². The van der Waals surface area contributed by atoms with Gasteiger partial charge in [0.2, 0.25) is 5.88 Å². The molecular weight excluding hydrogens is 386 g/mol. The summed E-state index contributed by atoms with van der Waals surface area (Å²) < 4.78 is 6.85. The van der Waals surface area contributed by atoms with Gasteiger partial charge in [0.1, 0.15) is 17.9 Å². The number of hydrogen-bond acceptors (Lipinski definition) is 5. The maximum Gasteiger partial charge on any atom is 0.224 e. The Bertz CT molecular complexity index is 988. The molecule has 2 aromatic heterocycles. The van der Waals surface area contributed by atoms with Crippen molar-refractivity contribution in [3.63, 3.8) is 0 Å². The zero-order valence-corrected chi connectivity index (χ0v) is 14.9. The lowest BCUT2D eigenvalue weighted by Gasteiger charge is -2.06. The Morgan fingerprint density at radius 3 is 2.79 bits per heavy atom. The van der Waals surface area contributed by atoms with Crippen molar-refractivity contribution in [2.45, 2.75) is 6.61 Å². The summed E-state index contributed by atoms with van der Waals surface area (Å²) in [5.74, 6) is 0.565. The fourth-order valence-electron chi connectivity index (χ4n) is 2.35. The average molecular weight is 398 g/mol. The molecule has 4 nitrogen and oxygen atoms in total. The lowest BCUT2D eigenvalue weighted by atomic mass is 10.2. The average Bonchev–Trinajstić information content (AvgIpc) is 3.10. The minimum atomic E-state index is 0.377. The van der Waals surface area contributed by atoms with Gasteiger partial charge in [0.15, 0.2) is 0 Å². The number of rotatable bonds is 4. The van der Waals surface area contributed by atoms with Crippen molar-refractivity contribution in [1.82, 2.24) is 15.0 Å².